The zero-order valence-electron chi connectivity index (χ0n) is 14.8. The van der Waals surface area contributed by atoms with Gasteiger partial charge in [-0.2, -0.15) is 0 Å². The lowest BCUT2D eigenvalue weighted by Crippen LogP contribution is -2.58. The molecule has 0 radical (unpaired) electrons. The molecule has 1 aromatic heterocycles. The van der Waals surface area contributed by atoms with Crippen LogP contribution in [0.25, 0.3) is 0 Å². The summed E-state index contributed by atoms with van der Waals surface area (Å²) >= 11 is 0. The Labute approximate surface area is 133 Å². The van der Waals surface area contributed by atoms with Crippen LogP contribution < -0.4 is 0 Å². The van der Waals surface area contributed by atoms with Crippen LogP contribution in [0.5, 0.6) is 0 Å². The number of amides is 1. The number of hydrogen-bond acceptors (Lipinski definition) is 4. The number of nitrogens with zero attached hydrogens (tertiary/aromatic N) is 2. The molecule has 1 aliphatic rings. The van der Waals surface area contributed by atoms with E-state index in [0.29, 0.717) is 19.5 Å². The van der Waals surface area contributed by atoms with E-state index in [-0.39, 0.29) is 23.0 Å². The summed E-state index contributed by atoms with van der Waals surface area (Å²) in [6.07, 6.45) is 0.467. The molecular weight excluding hydrogens is 280 g/mol. The zero-order valence-corrected chi connectivity index (χ0v) is 14.8. The van der Waals surface area contributed by atoms with E-state index in [0.717, 1.165) is 17.0 Å². The highest BCUT2D eigenvalue weighted by atomic mass is 16.5. The van der Waals surface area contributed by atoms with Crippen molar-refractivity contribution in [2.45, 2.75) is 72.0 Å². The van der Waals surface area contributed by atoms with Gasteiger partial charge in [0.2, 0.25) is 5.91 Å². The summed E-state index contributed by atoms with van der Waals surface area (Å²) in [4.78, 5) is 14.6. The molecule has 1 atom stereocenters. The Morgan fingerprint density at radius 2 is 1.77 bits per heavy atom. The van der Waals surface area contributed by atoms with Crippen molar-refractivity contribution in [2.75, 3.05) is 13.1 Å². The minimum atomic E-state index is -0.316. The molecular formula is C17H28N2O3. The van der Waals surface area contributed by atoms with Crippen LogP contribution in [-0.2, 0) is 9.53 Å². The summed E-state index contributed by atoms with van der Waals surface area (Å²) in [5, 5.41) is 3.98. The van der Waals surface area contributed by atoms with Gasteiger partial charge in [0.15, 0.2) is 0 Å². The molecule has 1 fully saturated rings. The van der Waals surface area contributed by atoms with Crippen LogP contribution in [0.3, 0.4) is 0 Å². The Morgan fingerprint density at radius 3 is 2.23 bits per heavy atom. The van der Waals surface area contributed by atoms with Gasteiger partial charge >= 0.3 is 0 Å². The van der Waals surface area contributed by atoms with Crippen LogP contribution in [0, 0.1) is 13.8 Å². The number of hydrogen-bond donors (Lipinski definition) is 0. The summed E-state index contributed by atoms with van der Waals surface area (Å²) < 4.78 is 11.3. The molecule has 2 rings (SSSR count). The number of rotatable bonds is 3. The van der Waals surface area contributed by atoms with Gasteiger partial charge < -0.3 is 14.2 Å². The highest BCUT2D eigenvalue weighted by Crippen LogP contribution is 2.31. The molecule has 1 unspecified atom stereocenters. The number of carbonyl (C=O) groups is 1. The molecule has 1 aliphatic heterocycles. The van der Waals surface area contributed by atoms with Crippen molar-refractivity contribution in [3.63, 3.8) is 0 Å². The third-order valence-corrected chi connectivity index (χ3v) is 4.11. The molecule has 5 heteroatoms. The molecule has 2 heterocycles. The van der Waals surface area contributed by atoms with Crippen LogP contribution in [-0.4, -0.2) is 40.3 Å². The van der Waals surface area contributed by atoms with Crippen molar-refractivity contribution >= 4 is 5.91 Å². The van der Waals surface area contributed by atoms with E-state index in [1.54, 1.807) is 0 Å². The van der Waals surface area contributed by atoms with Gasteiger partial charge in [0.05, 0.1) is 16.9 Å². The molecule has 0 spiro atoms. The monoisotopic (exact) mass is 308 g/mol. The van der Waals surface area contributed by atoms with Crippen LogP contribution in [0.4, 0.5) is 0 Å². The van der Waals surface area contributed by atoms with Crippen molar-refractivity contribution in [3.05, 3.63) is 17.0 Å². The highest BCUT2D eigenvalue weighted by Gasteiger charge is 2.40. The van der Waals surface area contributed by atoms with Crippen molar-refractivity contribution < 1.29 is 14.1 Å². The van der Waals surface area contributed by atoms with Crippen molar-refractivity contribution in [3.8, 4) is 0 Å². The van der Waals surface area contributed by atoms with Gasteiger partial charge in [-0.05, 0) is 47.5 Å². The molecule has 0 bridgehead atoms. The average Bonchev–Trinajstić information content (AvgIpc) is 2.64. The number of aryl methyl sites for hydroxylation is 2. The fourth-order valence-electron chi connectivity index (χ4n) is 3.65. The van der Waals surface area contributed by atoms with Gasteiger partial charge in [0, 0.05) is 25.1 Å². The van der Waals surface area contributed by atoms with E-state index in [4.69, 9.17) is 9.26 Å². The lowest BCUT2D eigenvalue weighted by molar-refractivity contribution is -0.188. The topological polar surface area (TPSA) is 55.6 Å². The fourth-order valence-corrected chi connectivity index (χ4v) is 3.65. The first kappa shape index (κ1) is 17.0. The van der Waals surface area contributed by atoms with E-state index in [9.17, 15) is 4.79 Å². The summed E-state index contributed by atoms with van der Waals surface area (Å²) in [6.45, 7) is 15.3. The van der Waals surface area contributed by atoms with Crippen molar-refractivity contribution in [1.82, 2.24) is 10.1 Å². The molecule has 22 heavy (non-hydrogen) atoms. The maximum Gasteiger partial charge on any atom is 0.223 e. The highest BCUT2D eigenvalue weighted by molar-refractivity contribution is 5.77. The van der Waals surface area contributed by atoms with Crippen molar-refractivity contribution in [1.29, 1.82) is 0 Å². The Balaban J connectivity index is 2.09. The van der Waals surface area contributed by atoms with Crippen LogP contribution >= 0.6 is 0 Å². The second-order valence-corrected chi connectivity index (χ2v) is 7.71. The molecule has 1 saturated heterocycles. The SMILES string of the molecule is Cc1noc(C)c1C(C)CC(=O)N1CC(C)(C)OC(C)(C)C1. The Hall–Kier alpha value is -1.36. The van der Waals surface area contributed by atoms with E-state index in [1.165, 1.54) is 0 Å². The Morgan fingerprint density at radius 1 is 1.23 bits per heavy atom. The lowest BCUT2D eigenvalue weighted by Gasteiger charge is -2.47. The Bertz CT molecular complexity index is 525. The van der Waals surface area contributed by atoms with E-state index >= 15 is 0 Å². The van der Waals surface area contributed by atoms with Crippen molar-refractivity contribution in [2.24, 2.45) is 0 Å². The maximum atomic E-state index is 12.7. The normalized spacial score (nSPS) is 21.7. The second-order valence-electron chi connectivity index (χ2n) is 7.71. The summed E-state index contributed by atoms with van der Waals surface area (Å²) in [6, 6.07) is 0. The molecule has 0 aliphatic carbocycles. The first-order chi connectivity index (χ1) is 10.0. The van der Waals surface area contributed by atoms with Gasteiger partial charge in [-0.25, -0.2) is 0 Å². The molecule has 0 N–H and O–H groups in total. The molecule has 0 aromatic carbocycles. The van der Waals surface area contributed by atoms with E-state index in [1.807, 2.05) is 46.4 Å². The Kier molecular flexibility index (Phi) is 4.39. The predicted molar refractivity (Wildman–Crippen MR) is 84.8 cm³/mol. The quantitative estimate of drug-likeness (QED) is 0.860. The van der Waals surface area contributed by atoms with Crippen LogP contribution in [0.2, 0.25) is 0 Å². The third-order valence-electron chi connectivity index (χ3n) is 4.11. The van der Waals surface area contributed by atoms with Gasteiger partial charge in [0.1, 0.15) is 5.76 Å². The second kappa shape index (κ2) is 5.69. The number of carbonyl (C=O) groups excluding carboxylic acids is 1. The summed E-state index contributed by atoms with van der Waals surface area (Å²) in [5.74, 6) is 1.07. The van der Waals surface area contributed by atoms with Gasteiger partial charge in [-0.15, -0.1) is 0 Å². The molecule has 1 amide bonds. The van der Waals surface area contributed by atoms with Gasteiger partial charge in [-0.3, -0.25) is 4.79 Å². The first-order valence-electron chi connectivity index (χ1n) is 7.91. The van der Waals surface area contributed by atoms with Gasteiger partial charge in [0.25, 0.3) is 0 Å². The third kappa shape index (κ3) is 3.69. The first-order valence-corrected chi connectivity index (χ1v) is 7.91. The van der Waals surface area contributed by atoms with E-state index in [2.05, 4.69) is 12.1 Å². The number of aromatic nitrogens is 1. The molecule has 0 saturated carbocycles. The number of ether oxygens (including phenoxy) is 1. The standard InChI is InChI=1S/C17H28N2O3/c1-11(15-12(2)18-21-13(15)3)8-14(20)19-9-16(4,5)22-17(6,7)10-19/h11H,8-10H2,1-7H3. The minimum absolute atomic E-state index is 0.104. The predicted octanol–water partition coefficient (Wildman–Crippen LogP) is 3.20. The van der Waals surface area contributed by atoms with E-state index < -0.39 is 0 Å². The zero-order chi connectivity index (χ0) is 16.7. The molecule has 1 aromatic rings. The smallest absolute Gasteiger partial charge is 0.223 e. The summed E-state index contributed by atoms with van der Waals surface area (Å²) in [5.41, 5.74) is 1.30. The largest absolute Gasteiger partial charge is 0.366 e. The van der Waals surface area contributed by atoms with Crippen LogP contribution in [0.1, 0.15) is 64.0 Å². The molecule has 5 nitrogen and oxygen atoms in total. The summed E-state index contributed by atoms with van der Waals surface area (Å²) in [7, 11) is 0. The van der Waals surface area contributed by atoms with Gasteiger partial charge in [-0.1, -0.05) is 12.1 Å². The number of morpholine rings is 1. The lowest BCUT2D eigenvalue weighted by atomic mass is 9.94. The fraction of sp³-hybridized carbons (Fsp3) is 0.765. The average molecular weight is 308 g/mol. The minimum Gasteiger partial charge on any atom is -0.366 e. The maximum absolute atomic E-state index is 12.7. The van der Waals surface area contributed by atoms with Crippen LogP contribution in [0.15, 0.2) is 4.52 Å². The molecule has 124 valence electrons.